The highest BCUT2D eigenvalue weighted by Gasteiger charge is 2.27. The molecule has 1 atom stereocenters. The Morgan fingerprint density at radius 2 is 1.76 bits per heavy atom. The highest BCUT2D eigenvalue weighted by molar-refractivity contribution is 5.94. The number of rotatable bonds is 6. The summed E-state index contributed by atoms with van der Waals surface area (Å²) in [5.74, 6) is 0.384. The van der Waals surface area contributed by atoms with E-state index in [1.54, 1.807) is 16.7 Å². The van der Waals surface area contributed by atoms with Gasteiger partial charge in [-0.2, -0.15) is 0 Å². The molecule has 7 nitrogen and oxygen atoms in total. The Labute approximate surface area is 148 Å². The van der Waals surface area contributed by atoms with Crippen LogP contribution in [0.25, 0.3) is 0 Å². The highest BCUT2D eigenvalue weighted by atomic mass is 16.5. The number of aromatic amines is 1. The van der Waals surface area contributed by atoms with Crippen molar-refractivity contribution < 1.29 is 14.3 Å². The second-order valence-corrected chi connectivity index (χ2v) is 6.75. The molecule has 2 amide bonds. The topological polar surface area (TPSA) is 82.7 Å². The Hall–Kier alpha value is -2.15. The molecule has 0 unspecified atom stereocenters. The molecule has 1 aromatic rings. The first-order valence-electron chi connectivity index (χ1n) is 8.77. The number of amides is 2. The van der Waals surface area contributed by atoms with E-state index in [1.807, 2.05) is 0 Å². The first-order chi connectivity index (χ1) is 11.9. The van der Waals surface area contributed by atoms with Gasteiger partial charge in [0.05, 0.1) is 5.56 Å². The molecule has 25 heavy (non-hydrogen) atoms. The first kappa shape index (κ1) is 19.2. The van der Waals surface area contributed by atoms with Gasteiger partial charge in [0.15, 0.2) is 0 Å². The van der Waals surface area contributed by atoms with Crippen LogP contribution in [0.2, 0.25) is 0 Å². The molecule has 7 heteroatoms. The van der Waals surface area contributed by atoms with Gasteiger partial charge in [-0.1, -0.05) is 13.8 Å². The first-order valence-corrected chi connectivity index (χ1v) is 8.77. The summed E-state index contributed by atoms with van der Waals surface area (Å²) in [6.45, 7) is 8.53. The van der Waals surface area contributed by atoms with Gasteiger partial charge in [-0.3, -0.25) is 14.4 Å². The average Bonchev–Trinajstić information content (AvgIpc) is 2.61. The van der Waals surface area contributed by atoms with E-state index in [1.165, 1.54) is 18.3 Å². The summed E-state index contributed by atoms with van der Waals surface area (Å²) >= 11 is 0. The van der Waals surface area contributed by atoms with Gasteiger partial charge in [0, 0.05) is 45.0 Å². The molecule has 1 N–H and O–H groups in total. The van der Waals surface area contributed by atoms with Crippen molar-refractivity contribution >= 4 is 11.8 Å². The van der Waals surface area contributed by atoms with E-state index in [2.05, 4.69) is 18.8 Å². The van der Waals surface area contributed by atoms with Gasteiger partial charge in [-0.05, 0) is 25.3 Å². The van der Waals surface area contributed by atoms with Crippen LogP contribution in [0.3, 0.4) is 0 Å². The summed E-state index contributed by atoms with van der Waals surface area (Å²) in [7, 11) is 0. The number of aromatic nitrogens is 1. The van der Waals surface area contributed by atoms with Gasteiger partial charge in [-0.15, -0.1) is 0 Å². The fourth-order valence-corrected chi connectivity index (χ4v) is 2.67. The maximum absolute atomic E-state index is 12.4. The fourth-order valence-electron chi connectivity index (χ4n) is 2.67. The van der Waals surface area contributed by atoms with Gasteiger partial charge in [0.1, 0.15) is 6.10 Å². The molecule has 0 aliphatic carbocycles. The van der Waals surface area contributed by atoms with Crippen molar-refractivity contribution in [1.29, 1.82) is 0 Å². The summed E-state index contributed by atoms with van der Waals surface area (Å²) < 4.78 is 5.62. The van der Waals surface area contributed by atoms with E-state index >= 15 is 0 Å². The van der Waals surface area contributed by atoms with Crippen LogP contribution in [0.15, 0.2) is 23.1 Å². The Morgan fingerprint density at radius 1 is 1.12 bits per heavy atom. The lowest BCUT2D eigenvalue weighted by atomic mass is 10.1. The zero-order valence-corrected chi connectivity index (χ0v) is 15.2. The van der Waals surface area contributed by atoms with E-state index in [9.17, 15) is 14.4 Å². The molecule has 1 aliphatic rings. The Morgan fingerprint density at radius 3 is 2.32 bits per heavy atom. The SMILES string of the molecule is CC(C)CCO[C@H](C)C(=O)N1CCN(C(=O)c2ccc(=O)[nH]c2)CC1. The predicted octanol–water partition coefficient (Wildman–Crippen LogP) is 1.11. The van der Waals surface area contributed by atoms with Crippen molar-refractivity contribution in [2.75, 3.05) is 32.8 Å². The number of nitrogens with one attached hydrogen (secondary N) is 1. The second-order valence-electron chi connectivity index (χ2n) is 6.75. The number of carbonyl (C=O) groups is 2. The molecule has 0 spiro atoms. The van der Waals surface area contributed by atoms with E-state index in [0.717, 1.165) is 6.42 Å². The number of hydrogen-bond donors (Lipinski definition) is 1. The summed E-state index contributed by atoms with van der Waals surface area (Å²) in [5, 5.41) is 0. The smallest absolute Gasteiger partial charge is 0.255 e. The standard InChI is InChI=1S/C18H27N3O4/c1-13(2)6-11-25-14(3)17(23)20-7-9-21(10-8-20)18(24)15-4-5-16(22)19-12-15/h4-5,12-14H,6-11H2,1-3H3,(H,19,22)/t14-/m1/s1. The fraction of sp³-hybridized carbons (Fsp3) is 0.611. The maximum Gasteiger partial charge on any atom is 0.255 e. The van der Waals surface area contributed by atoms with Crippen LogP contribution in [0.4, 0.5) is 0 Å². The molecule has 0 saturated carbocycles. The molecular weight excluding hydrogens is 322 g/mol. The van der Waals surface area contributed by atoms with Crippen LogP contribution in [-0.4, -0.2) is 65.5 Å². The Balaban J connectivity index is 1.82. The van der Waals surface area contributed by atoms with Crippen LogP contribution < -0.4 is 5.56 Å². The number of hydrogen-bond acceptors (Lipinski definition) is 4. The van der Waals surface area contributed by atoms with E-state index in [4.69, 9.17) is 4.74 Å². The number of pyridine rings is 1. The zero-order valence-electron chi connectivity index (χ0n) is 15.2. The number of carbonyl (C=O) groups excluding carboxylic acids is 2. The summed E-state index contributed by atoms with van der Waals surface area (Å²) in [6.07, 6.45) is 1.89. The van der Waals surface area contributed by atoms with Gasteiger partial charge >= 0.3 is 0 Å². The van der Waals surface area contributed by atoms with Crippen molar-refractivity contribution in [3.05, 3.63) is 34.2 Å². The quantitative estimate of drug-likeness (QED) is 0.834. The van der Waals surface area contributed by atoms with Gasteiger partial charge < -0.3 is 19.5 Å². The summed E-state index contributed by atoms with van der Waals surface area (Å²) in [6, 6.07) is 2.85. The molecule has 138 valence electrons. The monoisotopic (exact) mass is 349 g/mol. The van der Waals surface area contributed by atoms with Crippen LogP contribution in [0, 0.1) is 5.92 Å². The third-order valence-corrected chi connectivity index (χ3v) is 4.32. The number of ether oxygens (including phenoxy) is 1. The van der Waals surface area contributed by atoms with E-state index in [0.29, 0.717) is 44.3 Å². The van der Waals surface area contributed by atoms with Gasteiger partial charge in [0.2, 0.25) is 5.56 Å². The number of piperazine rings is 1. The largest absolute Gasteiger partial charge is 0.369 e. The minimum atomic E-state index is -0.458. The minimum absolute atomic E-state index is 0.0279. The molecular formula is C18H27N3O4. The highest BCUT2D eigenvalue weighted by Crippen LogP contribution is 2.10. The molecule has 1 fully saturated rings. The van der Waals surface area contributed by atoms with Crippen LogP contribution in [-0.2, 0) is 9.53 Å². The van der Waals surface area contributed by atoms with Gasteiger partial charge in [0.25, 0.3) is 11.8 Å². The Kier molecular flexibility index (Phi) is 6.75. The van der Waals surface area contributed by atoms with Crippen LogP contribution in [0.1, 0.15) is 37.6 Å². The summed E-state index contributed by atoms with van der Waals surface area (Å²) in [4.78, 5) is 41.8. The molecule has 1 saturated heterocycles. The molecule has 2 rings (SSSR count). The molecule has 0 aromatic carbocycles. The lowest BCUT2D eigenvalue weighted by Gasteiger charge is -2.36. The molecule has 1 aliphatic heterocycles. The number of H-pyrrole nitrogens is 1. The lowest BCUT2D eigenvalue weighted by Crippen LogP contribution is -2.52. The number of nitrogens with zero attached hydrogens (tertiary/aromatic N) is 2. The lowest BCUT2D eigenvalue weighted by molar-refractivity contribution is -0.144. The van der Waals surface area contributed by atoms with Crippen LogP contribution >= 0.6 is 0 Å². The van der Waals surface area contributed by atoms with Crippen molar-refractivity contribution in [2.45, 2.75) is 33.3 Å². The minimum Gasteiger partial charge on any atom is -0.369 e. The van der Waals surface area contributed by atoms with Crippen LogP contribution in [0.5, 0.6) is 0 Å². The Bertz CT molecular complexity index is 627. The van der Waals surface area contributed by atoms with Crippen molar-refractivity contribution in [3.8, 4) is 0 Å². The molecule has 2 heterocycles. The van der Waals surface area contributed by atoms with Crippen molar-refractivity contribution in [1.82, 2.24) is 14.8 Å². The zero-order chi connectivity index (χ0) is 18.4. The third-order valence-electron chi connectivity index (χ3n) is 4.32. The van der Waals surface area contributed by atoms with E-state index < -0.39 is 6.10 Å². The third kappa shape index (κ3) is 5.42. The predicted molar refractivity (Wildman–Crippen MR) is 94.4 cm³/mol. The maximum atomic E-state index is 12.4. The summed E-state index contributed by atoms with van der Waals surface area (Å²) in [5.41, 5.74) is 0.211. The molecule has 1 aromatic heterocycles. The molecule has 0 bridgehead atoms. The van der Waals surface area contributed by atoms with Gasteiger partial charge in [-0.25, -0.2) is 0 Å². The van der Waals surface area contributed by atoms with Crippen molar-refractivity contribution in [3.63, 3.8) is 0 Å². The van der Waals surface area contributed by atoms with E-state index in [-0.39, 0.29) is 17.4 Å². The average molecular weight is 349 g/mol. The second kappa shape index (κ2) is 8.80. The normalized spacial score (nSPS) is 16.2. The molecule has 0 radical (unpaired) electrons. The van der Waals surface area contributed by atoms with Crippen molar-refractivity contribution in [2.24, 2.45) is 5.92 Å².